The zero-order valence-electron chi connectivity index (χ0n) is 13.3. The van der Waals surface area contributed by atoms with E-state index in [1.54, 1.807) is 0 Å². The van der Waals surface area contributed by atoms with Crippen LogP contribution in [0.2, 0.25) is 0 Å². The van der Waals surface area contributed by atoms with Crippen molar-refractivity contribution in [3.63, 3.8) is 0 Å². The summed E-state index contributed by atoms with van der Waals surface area (Å²) in [6.45, 7) is 5.06. The molecular weight excluding hydrogens is 276 g/mol. The Morgan fingerprint density at radius 2 is 2.23 bits per heavy atom. The molecule has 22 heavy (non-hydrogen) atoms. The molecule has 1 saturated heterocycles. The van der Waals surface area contributed by atoms with E-state index in [9.17, 15) is 9.90 Å². The van der Waals surface area contributed by atoms with Gasteiger partial charge >= 0.3 is 0 Å². The summed E-state index contributed by atoms with van der Waals surface area (Å²) in [6, 6.07) is 7.76. The summed E-state index contributed by atoms with van der Waals surface area (Å²) < 4.78 is 0. The maximum Gasteiger partial charge on any atom is 0.254 e. The fourth-order valence-corrected chi connectivity index (χ4v) is 3.79. The zero-order chi connectivity index (χ0) is 15.7. The maximum absolute atomic E-state index is 13.0. The van der Waals surface area contributed by atoms with Crippen molar-refractivity contribution >= 4 is 16.8 Å². The van der Waals surface area contributed by atoms with Crippen LogP contribution in [0.5, 0.6) is 0 Å². The number of hydrogen-bond donors (Lipinski definition) is 2. The van der Waals surface area contributed by atoms with Gasteiger partial charge in [0.1, 0.15) is 0 Å². The molecule has 1 aromatic carbocycles. The highest BCUT2D eigenvalue weighted by Crippen LogP contribution is 2.36. The van der Waals surface area contributed by atoms with Crippen LogP contribution in [0.25, 0.3) is 10.9 Å². The van der Waals surface area contributed by atoms with E-state index in [4.69, 9.17) is 0 Å². The fourth-order valence-electron chi connectivity index (χ4n) is 3.79. The van der Waals surface area contributed by atoms with Crippen molar-refractivity contribution in [3.05, 3.63) is 36.0 Å². The van der Waals surface area contributed by atoms with Gasteiger partial charge < -0.3 is 15.0 Å². The SMILES string of the molecule is CC(C)CC1(CO)CCCN1C(=O)c1ccc2cc[nH]c2c1. The lowest BCUT2D eigenvalue weighted by molar-refractivity contribution is 0.0332. The second kappa shape index (κ2) is 5.76. The van der Waals surface area contributed by atoms with Gasteiger partial charge in [-0.05, 0) is 48.8 Å². The van der Waals surface area contributed by atoms with Crippen molar-refractivity contribution in [2.45, 2.75) is 38.6 Å². The predicted octanol–water partition coefficient (Wildman–Crippen LogP) is 3.18. The molecule has 1 aromatic heterocycles. The number of hydrogen-bond acceptors (Lipinski definition) is 2. The molecule has 2 N–H and O–H groups in total. The zero-order valence-corrected chi connectivity index (χ0v) is 13.3. The monoisotopic (exact) mass is 300 g/mol. The van der Waals surface area contributed by atoms with Gasteiger partial charge in [-0.15, -0.1) is 0 Å². The van der Waals surface area contributed by atoms with E-state index in [2.05, 4.69) is 18.8 Å². The van der Waals surface area contributed by atoms with E-state index in [1.165, 1.54) is 0 Å². The van der Waals surface area contributed by atoms with Crippen molar-refractivity contribution in [1.82, 2.24) is 9.88 Å². The molecule has 0 radical (unpaired) electrons. The number of amides is 1. The third-order valence-corrected chi connectivity index (χ3v) is 4.73. The second-order valence-electron chi connectivity index (χ2n) is 6.82. The fraction of sp³-hybridized carbons (Fsp3) is 0.500. The Labute approximate surface area is 131 Å². The normalized spacial score (nSPS) is 21.9. The second-order valence-corrected chi connectivity index (χ2v) is 6.82. The largest absolute Gasteiger partial charge is 0.394 e. The highest BCUT2D eigenvalue weighted by Gasteiger charge is 2.43. The third kappa shape index (κ3) is 2.52. The van der Waals surface area contributed by atoms with E-state index in [-0.39, 0.29) is 12.5 Å². The number of aliphatic hydroxyl groups is 1. The molecule has 0 bridgehead atoms. The van der Waals surface area contributed by atoms with Crippen LogP contribution in [-0.4, -0.2) is 39.6 Å². The molecule has 3 rings (SSSR count). The lowest BCUT2D eigenvalue weighted by atomic mass is 9.86. The maximum atomic E-state index is 13.0. The summed E-state index contributed by atoms with van der Waals surface area (Å²) >= 11 is 0. The molecule has 2 aromatic rings. The van der Waals surface area contributed by atoms with E-state index >= 15 is 0 Å². The molecule has 1 atom stereocenters. The van der Waals surface area contributed by atoms with Gasteiger partial charge in [0.25, 0.3) is 5.91 Å². The Balaban J connectivity index is 1.92. The minimum atomic E-state index is -0.393. The molecule has 2 heterocycles. The van der Waals surface area contributed by atoms with Crippen molar-refractivity contribution in [3.8, 4) is 0 Å². The Morgan fingerprint density at radius 3 is 2.95 bits per heavy atom. The number of likely N-dealkylation sites (tertiary alicyclic amines) is 1. The van der Waals surface area contributed by atoms with Gasteiger partial charge in [-0.3, -0.25) is 4.79 Å². The van der Waals surface area contributed by atoms with Gasteiger partial charge in [0.2, 0.25) is 0 Å². The van der Waals surface area contributed by atoms with E-state index < -0.39 is 5.54 Å². The van der Waals surface area contributed by atoms with Crippen molar-refractivity contribution in [2.24, 2.45) is 5.92 Å². The number of aromatic nitrogens is 1. The number of nitrogens with zero attached hydrogens (tertiary/aromatic N) is 1. The standard InChI is InChI=1S/C18H24N2O2/c1-13(2)11-18(12-21)7-3-9-20(18)17(22)15-5-4-14-6-8-19-16(14)10-15/h4-6,8,10,13,19,21H,3,7,9,11-12H2,1-2H3. The van der Waals surface area contributed by atoms with E-state index in [0.29, 0.717) is 11.5 Å². The third-order valence-electron chi connectivity index (χ3n) is 4.73. The van der Waals surface area contributed by atoms with Gasteiger partial charge in [0, 0.05) is 23.8 Å². The highest BCUT2D eigenvalue weighted by molar-refractivity contribution is 5.98. The van der Waals surface area contributed by atoms with Gasteiger partial charge in [-0.1, -0.05) is 19.9 Å². The van der Waals surface area contributed by atoms with Crippen LogP contribution in [0.15, 0.2) is 30.5 Å². The Kier molecular flexibility index (Phi) is 3.96. The molecule has 1 fully saturated rings. The molecule has 4 nitrogen and oxygen atoms in total. The van der Waals surface area contributed by atoms with Crippen molar-refractivity contribution in [2.75, 3.05) is 13.2 Å². The van der Waals surface area contributed by atoms with E-state index in [1.807, 2.05) is 35.4 Å². The Bertz CT molecular complexity index is 677. The van der Waals surface area contributed by atoms with Crippen LogP contribution in [-0.2, 0) is 0 Å². The Morgan fingerprint density at radius 1 is 1.41 bits per heavy atom. The molecule has 0 spiro atoms. The number of nitrogens with one attached hydrogen (secondary N) is 1. The molecule has 0 aliphatic carbocycles. The van der Waals surface area contributed by atoms with Crippen LogP contribution in [0.1, 0.15) is 43.5 Å². The molecule has 1 amide bonds. The molecular formula is C18H24N2O2. The quantitative estimate of drug-likeness (QED) is 0.911. The summed E-state index contributed by atoms with van der Waals surface area (Å²) in [5.74, 6) is 0.482. The average Bonchev–Trinajstić information content (AvgIpc) is 3.12. The average molecular weight is 300 g/mol. The van der Waals surface area contributed by atoms with Crippen molar-refractivity contribution in [1.29, 1.82) is 0 Å². The molecule has 1 aliphatic heterocycles. The van der Waals surface area contributed by atoms with Gasteiger partial charge in [0.15, 0.2) is 0 Å². The topological polar surface area (TPSA) is 56.3 Å². The first-order valence-corrected chi connectivity index (χ1v) is 8.06. The molecule has 0 saturated carbocycles. The van der Waals surface area contributed by atoms with Crippen molar-refractivity contribution < 1.29 is 9.90 Å². The summed E-state index contributed by atoms with van der Waals surface area (Å²) in [5.41, 5.74) is 1.28. The van der Waals surface area contributed by atoms with Gasteiger partial charge in [-0.25, -0.2) is 0 Å². The van der Waals surface area contributed by atoms with Crippen LogP contribution >= 0.6 is 0 Å². The number of rotatable bonds is 4. The number of benzene rings is 1. The first-order chi connectivity index (χ1) is 10.6. The summed E-state index contributed by atoms with van der Waals surface area (Å²) in [5, 5.41) is 11.1. The number of aliphatic hydroxyl groups excluding tert-OH is 1. The Hall–Kier alpha value is -1.81. The summed E-state index contributed by atoms with van der Waals surface area (Å²) in [6.07, 6.45) is 4.58. The first kappa shape index (κ1) is 15.1. The molecule has 1 aliphatic rings. The summed E-state index contributed by atoms with van der Waals surface area (Å²) in [4.78, 5) is 18.0. The number of H-pyrrole nitrogens is 1. The molecule has 1 unspecified atom stereocenters. The van der Waals surface area contributed by atoms with Gasteiger partial charge in [-0.2, -0.15) is 0 Å². The number of aromatic amines is 1. The van der Waals surface area contributed by atoms with Crippen LogP contribution in [0, 0.1) is 5.92 Å². The van der Waals surface area contributed by atoms with Crippen LogP contribution < -0.4 is 0 Å². The van der Waals surface area contributed by atoms with Gasteiger partial charge in [0.05, 0.1) is 12.1 Å². The smallest absolute Gasteiger partial charge is 0.254 e. The minimum absolute atomic E-state index is 0.0312. The first-order valence-electron chi connectivity index (χ1n) is 8.06. The van der Waals surface area contributed by atoms with Crippen LogP contribution in [0.4, 0.5) is 0 Å². The predicted molar refractivity (Wildman–Crippen MR) is 87.8 cm³/mol. The summed E-state index contributed by atoms with van der Waals surface area (Å²) in [7, 11) is 0. The number of carbonyl (C=O) groups excluding carboxylic acids is 1. The lowest BCUT2D eigenvalue weighted by Crippen LogP contribution is -2.50. The lowest BCUT2D eigenvalue weighted by Gasteiger charge is -2.38. The van der Waals surface area contributed by atoms with E-state index in [0.717, 1.165) is 36.7 Å². The number of carbonyl (C=O) groups is 1. The highest BCUT2D eigenvalue weighted by atomic mass is 16.3. The molecule has 118 valence electrons. The number of fused-ring (bicyclic) bond motifs is 1. The minimum Gasteiger partial charge on any atom is -0.394 e. The van der Waals surface area contributed by atoms with Crippen LogP contribution in [0.3, 0.4) is 0 Å². The molecule has 4 heteroatoms.